The number of benzene rings is 2. The molecule has 0 spiro atoms. The molecule has 28 heavy (non-hydrogen) atoms. The van der Waals surface area contributed by atoms with E-state index in [4.69, 9.17) is 0 Å². The van der Waals surface area contributed by atoms with Crippen molar-refractivity contribution in [2.24, 2.45) is 0 Å². The van der Waals surface area contributed by atoms with E-state index in [-0.39, 0.29) is 12.1 Å². The van der Waals surface area contributed by atoms with Crippen molar-refractivity contribution < 1.29 is 9.90 Å². The van der Waals surface area contributed by atoms with Crippen LogP contribution in [-0.2, 0) is 6.54 Å². The number of amides is 2. The quantitative estimate of drug-likeness (QED) is 0.853. The Morgan fingerprint density at radius 2 is 1.57 bits per heavy atom. The summed E-state index contributed by atoms with van der Waals surface area (Å²) in [6.45, 7) is 5.72. The van der Waals surface area contributed by atoms with Gasteiger partial charge in [0.15, 0.2) is 0 Å². The lowest BCUT2D eigenvalue weighted by Crippen LogP contribution is -2.53. The number of aliphatic hydroxyl groups excluding tert-OH is 1. The predicted molar refractivity (Wildman–Crippen MR) is 110 cm³/mol. The molecule has 148 valence electrons. The summed E-state index contributed by atoms with van der Waals surface area (Å²) in [6.07, 6.45) is -0.498. The number of urea groups is 1. The van der Waals surface area contributed by atoms with E-state index >= 15 is 0 Å². The predicted octanol–water partition coefficient (Wildman–Crippen LogP) is 2.08. The number of rotatable bonds is 4. The van der Waals surface area contributed by atoms with Gasteiger partial charge in [0.2, 0.25) is 0 Å². The first-order valence-electron chi connectivity index (χ1n) is 9.98. The minimum Gasteiger partial charge on any atom is -0.390 e. The smallest absolute Gasteiger partial charge is 0.321 e. The number of carbonyl (C=O) groups is 1. The Morgan fingerprint density at radius 3 is 2.25 bits per heavy atom. The maximum atomic E-state index is 12.5. The van der Waals surface area contributed by atoms with Gasteiger partial charge in [0, 0.05) is 45.0 Å². The first-order valence-corrected chi connectivity index (χ1v) is 9.98. The van der Waals surface area contributed by atoms with Crippen LogP contribution in [0.15, 0.2) is 60.7 Å². The summed E-state index contributed by atoms with van der Waals surface area (Å²) in [5.74, 6) is 0. The van der Waals surface area contributed by atoms with Crippen molar-refractivity contribution in [3.63, 3.8) is 0 Å². The molecule has 2 unspecified atom stereocenters. The fraction of sp³-hybridized carbons (Fsp3) is 0.409. The van der Waals surface area contributed by atoms with Crippen LogP contribution >= 0.6 is 0 Å². The van der Waals surface area contributed by atoms with Crippen molar-refractivity contribution in [1.29, 1.82) is 0 Å². The molecule has 0 aliphatic carbocycles. The summed E-state index contributed by atoms with van der Waals surface area (Å²) >= 11 is 0. The molecule has 2 amide bonds. The van der Waals surface area contributed by atoms with Crippen molar-refractivity contribution in [1.82, 2.24) is 14.7 Å². The van der Waals surface area contributed by atoms with Crippen LogP contribution in [0.3, 0.4) is 0 Å². The molecule has 0 saturated carbocycles. The lowest BCUT2D eigenvalue weighted by Gasteiger charge is -2.38. The van der Waals surface area contributed by atoms with E-state index in [1.807, 2.05) is 36.4 Å². The van der Waals surface area contributed by atoms with Crippen molar-refractivity contribution in [2.45, 2.75) is 18.7 Å². The number of anilines is 1. The highest BCUT2D eigenvalue weighted by molar-refractivity contribution is 5.89. The van der Waals surface area contributed by atoms with Gasteiger partial charge in [-0.25, -0.2) is 4.79 Å². The van der Waals surface area contributed by atoms with Gasteiger partial charge in [0.05, 0.1) is 18.7 Å². The van der Waals surface area contributed by atoms with Gasteiger partial charge in [-0.15, -0.1) is 0 Å². The first-order chi connectivity index (χ1) is 13.7. The second-order valence-electron chi connectivity index (χ2n) is 7.63. The third-order valence-electron chi connectivity index (χ3n) is 5.70. The molecule has 6 nitrogen and oxygen atoms in total. The van der Waals surface area contributed by atoms with Crippen LogP contribution in [0, 0.1) is 0 Å². The van der Waals surface area contributed by atoms with Crippen LogP contribution < -0.4 is 5.32 Å². The molecule has 6 heteroatoms. The van der Waals surface area contributed by atoms with Gasteiger partial charge in [0.1, 0.15) is 0 Å². The SMILES string of the molecule is O=C(Nc1ccccc1)N1CC(O)C(N2CCN(Cc3ccccc3)CC2)C1. The van der Waals surface area contributed by atoms with Crippen LogP contribution in [0.25, 0.3) is 0 Å². The molecule has 2 aromatic rings. The van der Waals surface area contributed by atoms with Gasteiger partial charge in [-0.05, 0) is 17.7 Å². The van der Waals surface area contributed by atoms with Crippen molar-refractivity contribution in [3.8, 4) is 0 Å². The highest BCUT2D eigenvalue weighted by Gasteiger charge is 2.38. The number of nitrogens with zero attached hydrogens (tertiary/aromatic N) is 3. The third-order valence-corrected chi connectivity index (χ3v) is 5.70. The van der Waals surface area contributed by atoms with Crippen LogP contribution in [-0.4, -0.2) is 77.3 Å². The van der Waals surface area contributed by atoms with Crippen LogP contribution in [0.2, 0.25) is 0 Å². The van der Waals surface area contributed by atoms with Crippen LogP contribution in [0.4, 0.5) is 10.5 Å². The lowest BCUT2D eigenvalue weighted by atomic mass is 10.1. The van der Waals surface area contributed by atoms with Crippen LogP contribution in [0.1, 0.15) is 5.56 Å². The molecule has 0 bridgehead atoms. The summed E-state index contributed by atoms with van der Waals surface area (Å²) < 4.78 is 0. The van der Waals surface area contributed by atoms with Gasteiger partial charge >= 0.3 is 6.03 Å². The lowest BCUT2D eigenvalue weighted by molar-refractivity contribution is 0.0423. The monoisotopic (exact) mass is 380 g/mol. The second-order valence-corrected chi connectivity index (χ2v) is 7.63. The average molecular weight is 380 g/mol. The van der Waals surface area contributed by atoms with E-state index in [1.165, 1.54) is 5.56 Å². The van der Waals surface area contributed by atoms with Crippen molar-refractivity contribution in [3.05, 3.63) is 66.2 Å². The molecule has 2 saturated heterocycles. The topological polar surface area (TPSA) is 59.1 Å². The Kier molecular flexibility index (Phi) is 5.90. The molecule has 2 aliphatic rings. The zero-order valence-corrected chi connectivity index (χ0v) is 16.1. The number of nitrogens with one attached hydrogen (secondary N) is 1. The number of hydrogen-bond donors (Lipinski definition) is 2. The maximum Gasteiger partial charge on any atom is 0.321 e. The Hall–Kier alpha value is -2.41. The number of carbonyl (C=O) groups excluding carboxylic acids is 1. The van der Waals surface area contributed by atoms with Crippen molar-refractivity contribution >= 4 is 11.7 Å². The third kappa shape index (κ3) is 4.52. The number of β-amino-alcohol motifs (C(OH)–C–C–N with tert-alkyl or cyclic N) is 1. The average Bonchev–Trinajstić information content (AvgIpc) is 3.12. The number of piperazine rings is 1. The highest BCUT2D eigenvalue weighted by atomic mass is 16.3. The van der Waals surface area contributed by atoms with Gasteiger partial charge in [-0.2, -0.15) is 0 Å². The minimum atomic E-state index is -0.498. The molecule has 2 aliphatic heterocycles. The van der Waals surface area contributed by atoms with E-state index in [2.05, 4.69) is 39.4 Å². The Labute approximate surface area is 166 Å². The summed E-state index contributed by atoms with van der Waals surface area (Å²) in [6, 6.07) is 19.8. The summed E-state index contributed by atoms with van der Waals surface area (Å²) in [5.41, 5.74) is 2.11. The fourth-order valence-corrected chi connectivity index (χ4v) is 4.11. The van der Waals surface area contributed by atoms with E-state index < -0.39 is 6.10 Å². The standard InChI is InChI=1S/C22H28N4O2/c27-21-17-26(22(28)23-19-9-5-2-6-10-19)16-20(21)25-13-11-24(12-14-25)15-18-7-3-1-4-8-18/h1-10,20-21,27H,11-17H2,(H,23,28). The van der Waals surface area contributed by atoms with E-state index in [0.717, 1.165) is 38.4 Å². The zero-order valence-electron chi connectivity index (χ0n) is 16.1. The van der Waals surface area contributed by atoms with Gasteiger partial charge < -0.3 is 15.3 Å². The van der Waals surface area contributed by atoms with E-state index in [1.54, 1.807) is 4.90 Å². The first kappa shape index (κ1) is 18.9. The van der Waals surface area contributed by atoms with Crippen molar-refractivity contribution in [2.75, 3.05) is 44.6 Å². The van der Waals surface area contributed by atoms with E-state index in [9.17, 15) is 9.90 Å². The molecule has 2 N–H and O–H groups in total. The van der Waals surface area contributed by atoms with Gasteiger partial charge in [-0.1, -0.05) is 48.5 Å². The van der Waals surface area contributed by atoms with Gasteiger partial charge in [0.25, 0.3) is 0 Å². The molecule has 0 aromatic heterocycles. The number of para-hydroxylation sites is 1. The summed E-state index contributed by atoms with van der Waals surface area (Å²) in [7, 11) is 0. The largest absolute Gasteiger partial charge is 0.390 e. The summed E-state index contributed by atoms with van der Waals surface area (Å²) in [5, 5.41) is 13.5. The molecule has 2 atom stereocenters. The molecule has 2 heterocycles. The number of hydrogen-bond acceptors (Lipinski definition) is 4. The summed E-state index contributed by atoms with van der Waals surface area (Å²) in [4.78, 5) is 19.0. The van der Waals surface area contributed by atoms with Crippen LogP contribution in [0.5, 0.6) is 0 Å². The number of aliphatic hydroxyl groups is 1. The fourth-order valence-electron chi connectivity index (χ4n) is 4.11. The molecular formula is C22H28N4O2. The van der Waals surface area contributed by atoms with Gasteiger partial charge in [-0.3, -0.25) is 9.80 Å². The normalized spacial score (nSPS) is 23.7. The zero-order chi connectivity index (χ0) is 19.3. The molecule has 4 rings (SSSR count). The Bertz CT molecular complexity index is 763. The molecule has 0 radical (unpaired) electrons. The highest BCUT2D eigenvalue weighted by Crippen LogP contribution is 2.20. The molecular weight excluding hydrogens is 352 g/mol. The Morgan fingerprint density at radius 1 is 0.929 bits per heavy atom. The second kappa shape index (κ2) is 8.73. The molecule has 2 aromatic carbocycles. The Balaban J connectivity index is 1.28. The maximum absolute atomic E-state index is 12.5. The number of likely N-dealkylation sites (tertiary alicyclic amines) is 1. The minimum absolute atomic E-state index is 0.0143. The van der Waals surface area contributed by atoms with E-state index in [0.29, 0.717) is 13.1 Å². The molecule has 2 fully saturated rings.